The summed E-state index contributed by atoms with van der Waals surface area (Å²) in [7, 11) is 0. The van der Waals surface area contributed by atoms with Crippen molar-refractivity contribution in [2.75, 3.05) is 19.6 Å². The summed E-state index contributed by atoms with van der Waals surface area (Å²) in [6, 6.07) is 0. The molecule has 2 N–H and O–H groups in total. The Labute approximate surface area is 93.8 Å². The number of rotatable bonds is 3. The molecule has 0 radical (unpaired) electrons. The van der Waals surface area contributed by atoms with Crippen LogP contribution in [0.1, 0.15) is 41.5 Å². The van der Waals surface area contributed by atoms with Crippen LogP contribution < -0.4 is 5.73 Å². The Balaban J connectivity index is 0. The van der Waals surface area contributed by atoms with Gasteiger partial charge in [0.1, 0.15) is 5.60 Å². The summed E-state index contributed by atoms with van der Waals surface area (Å²) in [5.41, 5.74) is 4.26. The molecule has 0 unspecified atom stereocenters. The number of ether oxygens (including phenoxy) is 1. The summed E-state index contributed by atoms with van der Waals surface area (Å²) in [6.07, 6.45) is -0.725. The number of hydrogen-bond donors (Lipinski definition) is 1. The van der Waals surface area contributed by atoms with Gasteiger partial charge in [-0.15, -0.1) is 0 Å². The lowest BCUT2D eigenvalue weighted by molar-refractivity contribution is 0.0600. The first kappa shape index (κ1) is 16.7. The lowest BCUT2D eigenvalue weighted by atomic mass is 10.2. The molecule has 4 heteroatoms. The molecule has 1 amide bonds. The average molecular weight is 218 g/mol. The van der Waals surface area contributed by atoms with Crippen molar-refractivity contribution in [3.63, 3.8) is 0 Å². The molecule has 92 valence electrons. The maximum Gasteiger partial charge on any atom is 0.405 e. The normalized spacial score (nSPS) is 10.6. The molecule has 0 saturated carbocycles. The number of carbonyl (C=O) groups excluding carboxylic acids is 1. The van der Waals surface area contributed by atoms with E-state index in [2.05, 4.69) is 30.4 Å². The Morgan fingerprint density at radius 3 is 1.47 bits per heavy atom. The standard InChI is InChI=1S/C6H15N.C5H11NO2/c1-4-7(5-2)6-3;1-5(2,3)8-4(6)7/h4-6H2,1-3H3;1-3H3,(H2,6,7). The van der Waals surface area contributed by atoms with E-state index in [1.54, 1.807) is 20.8 Å². The van der Waals surface area contributed by atoms with Crippen molar-refractivity contribution in [3.05, 3.63) is 0 Å². The molecule has 0 aliphatic carbocycles. The fourth-order valence-corrected chi connectivity index (χ4v) is 0.973. The van der Waals surface area contributed by atoms with Crippen molar-refractivity contribution in [2.24, 2.45) is 5.73 Å². The van der Waals surface area contributed by atoms with Crippen molar-refractivity contribution in [1.29, 1.82) is 0 Å². The number of amides is 1. The molecule has 0 bridgehead atoms. The first-order valence-corrected chi connectivity index (χ1v) is 5.47. The van der Waals surface area contributed by atoms with Crippen LogP contribution in [0, 0.1) is 0 Å². The number of hydrogen-bond acceptors (Lipinski definition) is 3. The SMILES string of the molecule is CC(C)(C)OC(N)=O.CCN(CC)CC. The summed E-state index contributed by atoms with van der Waals surface area (Å²) in [5.74, 6) is 0. The highest BCUT2D eigenvalue weighted by molar-refractivity contribution is 5.65. The largest absolute Gasteiger partial charge is 0.444 e. The molecular formula is C11H26N2O2. The smallest absolute Gasteiger partial charge is 0.405 e. The summed E-state index contributed by atoms with van der Waals surface area (Å²) in [4.78, 5) is 12.4. The predicted octanol–water partition coefficient (Wildman–Crippen LogP) is 2.23. The maximum atomic E-state index is 10.0. The maximum absolute atomic E-state index is 10.0. The third-order valence-corrected chi connectivity index (χ3v) is 1.75. The Hall–Kier alpha value is -0.770. The van der Waals surface area contributed by atoms with Gasteiger partial charge < -0.3 is 15.4 Å². The van der Waals surface area contributed by atoms with Crippen LogP contribution in [0.25, 0.3) is 0 Å². The second-order valence-electron chi connectivity index (χ2n) is 4.15. The molecule has 0 fully saturated rings. The summed E-state index contributed by atoms with van der Waals surface area (Å²) >= 11 is 0. The zero-order chi connectivity index (χ0) is 12.5. The van der Waals surface area contributed by atoms with E-state index < -0.39 is 11.7 Å². The molecule has 0 heterocycles. The van der Waals surface area contributed by atoms with E-state index in [1.165, 1.54) is 19.6 Å². The highest BCUT2D eigenvalue weighted by Crippen LogP contribution is 2.04. The van der Waals surface area contributed by atoms with Crippen LogP contribution in [0.3, 0.4) is 0 Å². The topological polar surface area (TPSA) is 55.6 Å². The monoisotopic (exact) mass is 218 g/mol. The number of primary amides is 1. The molecule has 0 aliphatic rings. The minimum absolute atomic E-state index is 0.453. The van der Waals surface area contributed by atoms with Crippen LogP contribution in [0.2, 0.25) is 0 Å². The zero-order valence-electron chi connectivity index (χ0n) is 11.0. The van der Waals surface area contributed by atoms with Crippen molar-refractivity contribution >= 4 is 6.09 Å². The van der Waals surface area contributed by atoms with E-state index in [0.717, 1.165) is 0 Å². The molecule has 15 heavy (non-hydrogen) atoms. The van der Waals surface area contributed by atoms with E-state index in [-0.39, 0.29) is 0 Å². The second kappa shape index (κ2) is 8.53. The summed E-state index contributed by atoms with van der Waals surface area (Å²) in [5, 5.41) is 0. The van der Waals surface area contributed by atoms with Gasteiger partial charge in [-0.1, -0.05) is 20.8 Å². The Bertz CT molecular complexity index is 155. The molecule has 4 nitrogen and oxygen atoms in total. The van der Waals surface area contributed by atoms with E-state index in [0.29, 0.717) is 0 Å². The van der Waals surface area contributed by atoms with Gasteiger partial charge in [0.25, 0.3) is 0 Å². The Morgan fingerprint density at radius 1 is 1.13 bits per heavy atom. The average Bonchev–Trinajstić information content (AvgIpc) is 2.03. The zero-order valence-corrected chi connectivity index (χ0v) is 11.0. The van der Waals surface area contributed by atoms with E-state index >= 15 is 0 Å². The molecular weight excluding hydrogens is 192 g/mol. The summed E-state index contributed by atoms with van der Waals surface area (Å²) in [6.45, 7) is 15.4. The van der Waals surface area contributed by atoms with Gasteiger partial charge in [0, 0.05) is 0 Å². The van der Waals surface area contributed by atoms with Gasteiger partial charge in [0.2, 0.25) is 0 Å². The quantitative estimate of drug-likeness (QED) is 0.790. The molecule has 0 spiro atoms. The summed E-state index contributed by atoms with van der Waals surface area (Å²) < 4.78 is 4.58. The van der Waals surface area contributed by atoms with Gasteiger partial charge >= 0.3 is 6.09 Å². The highest BCUT2D eigenvalue weighted by atomic mass is 16.6. The third kappa shape index (κ3) is 15.9. The van der Waals surface area contributed by atoms with E-state index in [4.69, 9.17) is 5.73 Å². The highest BCUT2D eigenvalue weighted by Gasteiger charge is 2.12. The van der Waals surface area contributed by atoms with Crippen molar-refractivity contribution < 1.29 is 9.53 Å². The van der Waals surface area contributed by atoms with Gasteiger partial charge in [0.15, 0.2) is 0 Å². The lowest BCUT2D eigenvalue weighted by Crippen LogP contribution is -2.27. The van der Waals surface area contributed by atoms with Crippen molar-refractivity contribution in [1.82, 2.24) is 4.90 Å². The minimum atomic E-state index is -0.725. The number of nitrogens with two attached hydrogens (primary N) is 1. The number of carbonyl (C=O) groups is 1. The fourth-order valence-electron chi connectivity index (χ4n) is 0.973. The number of nitrogens with zero attached hydrogens (tertiary/aromatic N) is 1. The van der Waals surface area contributed by atoms with Gasteiger partial charge in [0.05, 0.1) is 0 Å². The first-order chi connectivity index (χ1) is 6.76. The molecule has 0 aliphatic heterocycles. The van der Waals surface area contributed by atoms with Crippen LogP contribution in [-0.2, 0) is 4.74 Å². The van der Waals surface area contributed by atoms with Crippen LogP contribution in [0.15, 0.2) is 0 Å². The van der Waals surface area contributed by atoms with Crippen molar-refractivity contribution in [3.8, 4) is 0 Å². The van der Waals surface area contributed by atoms with Crippen LogP contribution in [0.4, 0.5) is 4.79 Å². The predicted molar refractivity (Wildman–Crippen MR) is 63.9 cm³/mol. The first-order valence-electron chi connectivity index (χ1n) is 5.47. The Morgan fingerprint density at radius 2 is 1.47 bits per heavy atom. The van der Waals surface area contributed by atoms with E-state index in [1.807, 2.05) is 0 Å². The van der Waals surface area contributed by atoms with Gasteiger partial charge in [-0.3, -0.25) is 0 Å². The fraction of sp³-hybridized carbons (Fsp3) is 0.909. The molecule has 0 aromatic heterocycles. The Kier molecular flexibility index (Phi) is 9.47. The molecule has 0 aromatic rings. The molecule has 0 rings (SSSR count). The lowest BCUT2D eigenvalue weighted by Gasteiger charge is -2.16. The van der Waals surface area contributed by atoms with Crippen LogP contribution in [-0.4, -0.2) is 36.2 Å². The second-order valence-corrected chi connectivity index (χ2v) is 4.15. The minimum Gasteiger partial charge on any atom is -0.444 e. The third-order valence-electron chi connectivity index (χ3n) is 1.75. The van der Waals surface area contributed by atoms with Crippen LogP contribution >= 0.6 is 0 Å². The van der Waals surface area contributed by atoms with Gasteiger partial charge in [-0.25, -0.2) is 4.79 Å². The van der Waals surface area contributed by atoms with Gasteiger partial charge in [-0.05, 0) is 40.4 Å². The van der Waals surface area contributed by atoms with E-state index in [9.17, 15) is 4.79 Å². The molecule has 0 saturated heterocycles. The van der Waals surface area contributed by atoms with Crippen LogP contribution in [0.5, 0.6) is 0 Å². The van der Waals surface area contributed by atoms with Gasteiger partial charge in [-0.2, -0.15) is 0 Å². The van der Waals surface area contributed by atoms with Crippen molar-refractivity contribution in [2.45, 2.75) is 47.1 Å². The molecule has 0 aromatic carbocycles. The molecule has 0 atom stereocenters.